The van der Waals surface area contributed by atoms with E-state index < -0.39 is 0 Å². The number of thiazole rings is 1. The van der Waals surface area contributed by atoms with E-state index in [-0.39, 0.29) is 0 Å². The molecule has 1 rings (SSSR count). The number of anilines is 1. The lowest BCUT2D eigenvalue weighted by atomic mass is 10.0. The van der Waals surface area contributed by atoms with Gasteiger partial charge in [0.15, 0.2) is 11.1 Å². The van der Waals surface area contributed by atoms with Crippen molar-refractivity contribution in [2.45, 2.75) is 33.2 Å². The second-order valence-electron chi connectivity index (χ2n) is 5.01. The summed E-state index contributed by atoms with van der Waals surface area (Å²) in [6, 6.07) is 0. The van der Waals surface area contributed by atoms with Crippen LogP contribution in [0.2, 0.25) is 0 Å². The minimum Gasteiger partial charge on any atom is -0.356 e. The molecule has 0 unspecified atom stereocenters. The van der Waals surface area contributed by atoms with Crippen molar-refractivity contribution >= 4 is 22.4 Å². The molecule has 0 saturated heterocycles. The number of guanidine groups is 1. The first-order valence-electron chi connectivity index (χ1n) is 7.16. The molecule has 0 aliphatic carbocycles. The molecule has 0 bridgehead atoms. The van der Waals surface area contributed by atoms with Gasteiger partial charge in [-0.2, -0.15) is 0 Å². The molecule has 20 heavy (non-hydrogen) atoms. The predicted octanol–water partition coefficient (Wildman–Crippen LogP) is 2.31. The minimum absolute atomic E-state index is 0.701. The summed E-state index contributed by atoms with van der Waals surface area (Å²) in [6.07, 6.45) is 2.39. The van der Waals surface area contributed by atoms with Crippen molar-refractivity contribution < 1.29 is 0 Å². The van der Waals surface area contributed by atoms with Gasteiger partial charge in [0, 0.05) is 33.1 Å². The zero-order valence-electron chi connectivity index (χ0n) is 13.2. The summed E-state index contributed by atoms with van der Waals surface area (Å²) in [5.74, 6) is 1.55. The van der Waals surface area contributed by atoms with Crippen LogP contribution < -0.4 is 15.5 Å². The van der Waals surface area contributed by atoms with E-state index in [0.29, 0.717) is 12.5 Å². The van der Waals surface area contributed by atoms with Gasteiger partial charge in [0.25, 0.3) is 0 Å². The lowest BCUT2D eigenvalue weighted by molar-refractivity contribution is 0.481. The number of nitrogens with zero attached hydrogens (tertiary/aromatic N) is 3. The van der Waals surface area contributed by atoms with Gasteiger partial charge in [-0.1, -0.05) is 26.7 Å². The van der Waals surface area contributed by atoms with Crippen molar-refractivity contribution in [1.82, 2.24) is 15.6 Å². The molecule has 6 heteroatoms. The number of hydrogen-bond acceptors (Lipinski definition) is 4. The molecule has 1 aromatic heterocycles. The van der Waals surface area contributed by atoms with Crippen LogP contribution in [0.25, 0.3) is 0 Å². The van der Waals surface area contributed by atoms with Crippen molar-refractivity contribution in [2.24, 2.45) is 10.9 Å². The summed E-state index contributed by atoms with van der Waals surface area (Å²) >= 11 is 1.66. The molecule has 1 heterocycles. The molecule has 1 aromatic rings. The number of hydrogen-bond donors (Lipinski definition) is 2. The van der Waals surface area contributed by atoms with Crippen LogP contribution in [0.3, 0.4) is 0 Å². The predicted molar refractivity (Wildman–Crippen MR) is 88.7 cm³/mol. The lowest BCUT2D eigenvalue weighted by Crippen LogP contribution is -2.39. The molecule has 5 nitrogen and oxygen atoms in total. The molecule has 0 fully saturated rings. The van der Waals surface area contributed by atoms with Crippen molar-refractivity contribution in [3.8, 4) is 0 Å². The third-order valence-electron chi connectivity index (χ3n) is 3.30. The first-order chi connectivity index (χ1) is 9.60. The van der Waals surface area contributed by atoms with Crippen LogP contribution in [-0.4, -0.2) is 38.6 Å². The van der Waals surface area contributed by atoms with E-state index in [9.17, 15) is 0 Å². The summed E-state index contributed by atoms with van der Waals surface area (Å²) in [5.41, 5.74) is 1.05. The summed E-state index contributed by atoms with van der Waals surface area (Å²) in [5, 5.41) is 9.79. The minimum atomic E-state index is 0.701. The van der Waals surface area contributed by atoms with E-state index in [0.717, 1.165) is 23.3 Å². The average Bonchev–Trinajstić information content (AvgIpc) is 2.92. The van der Waals surface area contributed by atoms with Crippen LogP contribution in [0.5, 0.6) is 0 Å². The van der Waals surface area contributed by atoms with Crippen LogP contribution in [0.4, 0.5) is 5.13 Å². The Kier molecular flexibility index (Phi) is 7.36. The standard InChI is InChI=1S/C14H27N5S/c1-6-11(7-2)8-16-13(15-3)17-9-12-10-20-14(18-12)19(4)5/h10-11H,6-9H2,1-5H3,(H2,15,16,17). The number of rotatable bonds is 7. The Hall–Kier alpha value is -1.30. The highest BCUT2D eigenvalue weighted by atomic mass is 32.1. The zero-order valence-corrected chi connectivity index (χ0v) is 14.0. The Labute approximate surface area is 126 Å². The maximum absolute atomic E-state index is 4.54. The lowest BCUT2D eigenvalue weighted by Gasteiger charge is -2.16. The van der Waals surface area contributed by atoms with E-state index in [1.54, 1.807) is 18.4 Å². The third-order valence-corrected chi connectivity index (χ3v) is 4.35. The summed E-state index contributed by atoms with van der Waals surface area (Å²) < 4.78 is 0. The second-order valence-corrected chi connectivity index (χ2v) is 5.84. The van der Waals surface area contributed by atoms with Gasteiger partial charge in [-0.15, -0.1) is 11.3 Å². The SMILES string of the molecule is CCC(CC)CNC(=NC)NCc1csc(N(C)C)n1. The van der Waals surface area contributed by atoms with Crippen LogP contribution in [-0.2, 0) is 6.54 Å². The van der Waals surface area contributed by atoms with Gasteiger partial charge in [0.2, 0.25) is 0 Å². The Morgan fingerprint density at radius 3 is 2.55 bits per heavy atom. The summed E-state index contributed by atoms with van der Waals surface area (Å²) in [6.45, 7) is 6.12. The molecule has 0 spiro atoms. The smallest absolute Gasteiger partial charge is 0.191 e. The number of nitrogens with one attached hydrogen (secondary N) is 2. The first kappa shape index (κ1) is 16.8. The van der Waals surface area contributed by atoms with Crippen molar-refractivity contribution in [1.29, 1.82) is 0 Å². The highest BCUT2D eigenvalue weighted by Gasteiger charge is 2.06. The highest BCUT2D eigenvalue weighted by molar-refractivity contribution is 7.13. The fourth-order valence-electron chi connectivity index (χ4n) is 1.80. The Bertz CT molecular complexity index is 409. The molecule has 0 aliphatic rings. The van der Waals surface area contributed by atoms with Crippen LogP contribution in [0.15, 0.2) is 10.4 Å². The second kappa shape index (κ2) is 8.79. The fraction of sp³-hybridized carbons (Fsp3) is 0.714. The van der Waals surface area contributed by atoms with Crippen molar-refractivity contribution in [2.75, 3.05) is 32.6 Å². The Balaban J connectivity index is 2.41. The summed E-state index contributed by atoms with van der Waals surface area (Å²) in [7, 11) is 5.81. The van der Waals surface area contributed by atoms with E-state index in [2.05, 4.69) is 39.8 Å². The molecular formula is C14H27N5S. The molecule has 0 radical (unpaired) electrons. The van der Waals surface area contributed by atoms with Gasteiger partial charge in [0.05, 0.1) is 12.2 Å². The largest absolute Gasteiger partial charge is 0.356 e. The molecule has 2 N–H and O–H groups in total. The van der Waals surface area contributed by atoms with Crippen molar-refractivity contribution in [3.05, 3.63) is 11.1 Å². The first-order valence-corrected chi connectivity index (χ1v) is 8.04. The molecule has 0 atom stereocenters. The summed E-state index contributed by atoms with van der Waals surface area (Å²) in [4.78, 5) is 10.8. The van der Waals surface area contributed by atoms with Gasteiger partial charge >= 0.3 is 0 Å². The van der Waals surface area contributed by atoms with Crippen LogP contribution >= 0.6 is 11.3 Å². The molecule has 0 saturated carbocycles. The maximum atomic E-state index is 4.54. The molecule has 0 aliphatic heterocycles. The van der Waals surface area contributed by atoms with Crippen LogP contribution in [0.1, 0.15) is 32.4 Å². The topological polar surface area (TPSA) is 52.6 Å². The average molecular weight is 297 g/mol. The zero-order chi connectivity index (χ0) is 15.0. The van der Waals surface area contributed by atoms with Crippen molar-refractivity contribution in [3.63, 3.8) is 0 Å². The third kappa shape index (κ3) is 5.36. The maximum Gasteiger partial charge on any atom is 0.191 e. The van der Waals surface area contributed by atoms with Gasteiger partial charge < -0.3 is 15.5 Å². The number of aromatic nitrogens is 1. The van der Waals surface area contributed by atoms with Gasteiger partial charge in [-0.25, -0.2) is 4.98 Å². The Morgan fingerprint density at radius 2 is 2.05 bits per heavy atom. The monoisotopic (exact) mass is 297 g/mol. The molecular weight excluding hydrogens is 270 g/mol. The van der Waals surface area contributed by atoms with E-state index in [1.165, 1.54) is 12.8 Å². The highest BCUT2D eigenvalue weighted by Crippen LogP contribution is 2.17. The Morgan fingerprint density at radius 1 is 1.35 bits per heavy atom. The van der Waals surface area contributed by atoms with Gasteiger partial charge in [-0.3, -0.25) is 4.99 Å². The molecule has 0 aromatic carbocycles. The van der Waals surface area contributed by atoms with Gasteiger partial charge in [-0.05, 0) is 5.92 Å². The van der Waals surface area contributed by atoms with E-state index in [1.807, 2.05) is 19.0 Å². The van der Waals surface area contributed by atoms with E-state index >= 15 is 0 Å². The van der Waals surface area contributed by atoms with E-state index in [4.69, 9.17) is 0 Å². The van der Waals surface area contributed by atoms with Gasteiger partial charge in [0.1, 0.15) is 0 Å². The van der Waals surface area contributed by atoms with Crippen LogP contribution in [0, 0.1) is 5.92 Å². The quantitative estimate of drug-likeness (QED) is 0.599. The normalized spacial score (nSPS) is 11.8. The fourth-order valence-corrected chi connectivity index (χ4v) is 2.55. The molecule has 0 amide bonds. The molecule has 114 valence electrons. The number of aliphatic imine (C=N–C) groups is 1.